The van der Waals surface area contributed by atoms with Crippen molar-refractivity contribution >= 4 is 0 Å². The van der Waals surface area contributed by atoms with Gasteiger partial charge in [0, 0.05) is 104 Å². The number of piperidine rings is 5. The largest absolute Gasteiger partial charge is 0.317 e. The predicted octanol–water partition coefficient (Wildman–Crippen LogP) is 6.96. The summed E-state index contributed by atoms with van der Waals surface area (Å²) in [7, 11) is 22.0. The summed E-state index contributed by atoms with van der Waals surface area (Å²) in [5.41, 5.74) is 0. The van der Waals surface area contributed by atoms with Crippen LogP contribution >= 0.6 is 0 Å². The Morgan fingerprint density at radius 2 is 0.500 bits per heavy atom. The van der Waals surface area contributed by atoms with E-state index in [9.17, 15) is 0 Å². The third-order valence-corrected chi connectivity index (χ3v) is 17.9. The Labute approximate surface area is 462 Å². The van der Waals surface area contributed by atoms with Crippen molar-refractivity contribution in [2.75, 3.05) is 241 Å². The average molecular weight is 1050 g/mol. The maximum absolute atomic E-state index is 3.32. The number of hydrogen-bond donors (Lipinski definition) is 1. The highest BCUT2D eigenvalue weighted by Gasteiger charge is 2.29. The van der Waals surface area contributed by atoms with Gasteiger partial charge in [0.25, 0.3) is 0 Å². The topological polar surface area (TPSA) is 50.9 Å². The molecular formula is C61H131N13. The molecule has 11 aliphatic heterocycles. The summed E-state index contributed by atoms with van der Waals surface area (Å²) in [6, 6.07) is 1.79. The van der Waals surface area contributed by atoms with E-state index < -0.39 is 0 Å². The molecule has 11 aliphatic rings. The quantitative estimate of drug-likeness (QED) is 0.273. The van der Waals surface area contributed by atoms with Gasteiger partial charge >= 0.3 is 0 Å². The van der Waals surface area contributed by atoms with Crippen molar-refractivity contribution < 1.29 is 0 Å². The van der Waals surface area contributed by atoms with Crippen LogP contribution in [0, 0.1) is 11.8 Å². The van der Waals surface area contributed by atoms with Crippen LogP contribution in [-0.4, -0.2) is 312 Å². The summed E-state index contributed by atoms with van der Waals surface area (Å²) >= 11 is 0. The van der Waals surface area contributed by atoms with Gasteiger partial charge in [-0.25, -0.2) is 0 Å². The zero-order chi connectivity index (χ0) is 53.8. The van der Waals surface area contributed by atoms with Crippen LogP contribution in [0.2, 0.25) is 0 Å². The van der Waals surface area contributed by atoms with Crippen molar-refractivity contribution in [3.63, 3.8) is 0 Å². The molecule has 2 unspecified atom stereocenters. The molecule has 1 N–H and O–H groups in total. The lowest BCUT2D eigenvalue weighted by atomic mass is 10.00. The van der Waals surface area contributed by atoms with E-state index in [0.717, 1.165) is 23.9 Å². The van der Waals surface area contributed by atoms with Crippen molar-refractivity contribution in [3.05, 3.63) is 0 Å². The Morgan fingerprint density at radius 1 is 0.230 bits per heavy atom. The Morgan fingerprint density at radius 3 is 0.838 bits per heavy atom. The van der Waals surface area contributed by atoms with Crippen LogP contribution in [0.4, 0.5) is 0 Å². The Hall–Kier alpha value is -0.520. The van der Waals surface area contributed by atoms with Gasteiger partial charge in [-0.05, 0) is 251 Å². The van der Waals surface area contributed by atoms with E-state index in [2.05, 4.69) is 148 Å². The van der Waals surface area contributed by atoms with Crippen molar-refractivity contribution in [1.82, 2.24) is 64.1 Å². The maximum Gasteiger partial charge on any atom is 0.0224 e. The molecule has 13 nitrogen and oxygen atoms in total. The van der Waals surface area contributed by atoms with E-state index in [1.54, 1.807) is 0 Å². The van der Waals surface area contributed by atoms with Gasteiger partial charge in [-0.15, -0.1) is 0 Å². The molecule has 74 heavy (non-hydrogen) atoms. The van der Waals surface area contributed by atoms with Crippen LogP contribution in [0.5, 0.6) is 0 Å². The first-order valence-corrected chi connectivity index (χ1v) is 31.7. The number of piperazine rings is 4. The van der Waals surface area contributed by atoms with E-state index in [1.807, 2.05) is 0 Å². The van der Waals surface area contributed by atoms with Crippen LogP contribution in [0.15, 0.2) is 0 Å². The molecule has 0 aromatic heterocycles. The van der Waals surface area contributed by atoms with Gasteiger partial charge in [0.15, 0.2) is 0 Å². The van der Waals surface area contributed by atoms with Gasteiger partial charge in [0.05, 0.1) is 0 Å². The minimum atomic E-state index is 0.891. The standard InChI is InChI=1S/C9H18N2.C8H16N2.2C7H15N.2C6H14N2.3C6H13N/c1-10-6-7-11-5-3-2-4-9(11)8-10;1-9-5-6-10-4-2-3-8(10)7-9;1-7-3-5-8(2)6-4-7;1-8-6-4-2-3-5-7-8;2*1-7-3-5-8(2)6-4-7;1-6-2-4-7-5-3-6;2*1-7-5-3-2-4-6-7/h9H,2-8H2,1H3;8H,2-7H2,1H3;7H,3-6H2,1-2H3;2-7H2,1H3;2*3-6H2,1-2H3;6-7H,2-5H2,1H3;2*2-6H2,1H3. The van der Waals surface area contributed by atoms with Crippen LogP contribution in [0.1, 0.15) is 136 Å². The van der Waals surface area contributed by atoms with Gasteiger partial charge in [0.2, 0.25) is 0 Å². The van der Waals surface area contributed by atoms with Gasteiger partial charge < -0.3 is 54.3 Å². The molecule has 11 fully saturated rings. The van der Waals surface area contributed by atoms with Crippen molar-refractivity contribution in [2.45, 2.75) is 148 Å². The van der Waals surface area contributed by atoms with E-state index in [0.29, 0.717) is 0 Å². The lowest BCUT2D eigenvalue weighted by Crippen LogP contribution is -2.53. The van der Waals surface area contributed by atoms with Gasteiger partial charge in [-0.3, -0.25) is 9.80 Å². The summed E-state index contributed by atoms with van der Waals surface area (Å²) in [5.74, 6) is 1.95. The van der Waals surface area contributed by atoms with Gasteiger partial charge in [0.1, 0.15) is 0 Å². The second-order valence-corrected chi connectivity index (χ2v) is 25.6. The van der Waals surface area contributed by atoms with E-state index >= 15 is 0 Å². The average Bonchev–Trinajstić information content (AvgIpc) is 3.74. The minimum absolute atomic E-state index is 0.891. The summed E-state index contributed by atoms with van der Waals surface area (Å²) in [4.78, 5) is 29.3. The minimum Gasteiger partial charge on any atom is -0.317 e. The number of rotatable bonds is 0. The molecule has 0 aromatic carbocycles. The SMILES string of the molecule is CC1CCN(C)CC1.CC1CCNCC1.CN1CCCCC1.CN1CCCCC1.CN1CCCCCC1.CN1CCN(C)CC1.CN1CCN(C)CC1.CN1CCN2CCCC2C1.CN1CCN2CCCCC2C1. The lowest BCUT2D eigenvalue weighted by Gasteiger charge is -2.42. The van der Waals surface area contributed by atoms with Crippen LogP contribution in [0.25, 0.3) is 0 Å². The van der Waals surface area contributed by atoms with Crippen LogP contribution in [0.3, 0.4) is 0 Å². The molecule has 440 valence electrons. The molecule has 0 aromatic rings. The number of nitrogens with zero attached hydrogens (tertiary/aromatic N) is 12. The van der Waals surface area contributed by atoms with Gasteiger partial charge in [-0.2, -0.15) is 0 Å². The predicted molar refractivity (Wildman–Crippen MR) is 325 cm³/mol. The third kappa shape index (κ3) is 34.5. The number of nitrogens with one attached hydrogen (secondary N) is 1. The van der Waals surface area contributed by atoms with Crippen molar-refractivity contribution in [3.8, 4) is 0 Å². The molecule has 0 bridgehead atoms. The maximum atomic E-state index is 3.32. The van der Waals surface area contributed by atoms with E-state index in [1.165, 1.54) is 292 Å². The smallest absolute Gasteiger partial charge is 0.0224 e. The van der Waals surface area contributed by atoms with E-state index in [4.69, 9.17) is 0 Å². The fourth-order valence-electron chi connectivity index (χ4n) is 11.7. The Balaban J connectivity index is 0.000000221. The lowest BCUT2D eigenvalue weighted by molar-refractivity contribution is 0.0623. The molecule has 0 amide bonds. The summed E-state index contributed by atoms with van der Waals surface area (Å²) in [6.45, 7) is 38.0. The molecule has 11 rings (SSSR count). The highest BCUT2D eigenvalue weighted by atomic mass is 15.3. The molecule has 2 atom stereocenters. The molecule has 0 radical (unpaired) electrons. The number of likely N-dealkylation sites (tertiary alicyclic amines) is 4. The fraction of sp³-hybridized carbons (Fsp3) is 1.00. The first-order chi connectivity index (χ1) is 35.7. The number of hydrogen-bond acceptors (Lipinski definition) is 13. The normalized spacial score (nSPS) is 28.5. The summed E-state index contributed by atoms with van der Waals surface area (Å²) < 4.78 is 0. The van der Waals surface area contributed by atoms with Crippen LogP contribution < -0.4 is 5.32 Å². The van der Waals surface area contributed by atoms with Crippen molar-refractivity contribution in [1.29, 1.82) is 0 Å². The van der Waals surface area contributed by atoms with Crippen molar-refractivity contribution in [2.24, 2.45) is 11.8 Å². The molecule has 0 aliphatic carbocycles. The Bertz CT molecular complexity index is 1120. The molecule has 13 heteroatoms. The number of fused-ring (bicyclic) bond motifs is 2. The third-order valence-electron chi connectivity index (χ3n) is 17.9. The second-order valence-electron chi connectivity index (χ2n) is 25.6. The first-order valence-electron chi connectivity index (χ1n) is 31.7. The molecule has 11 heterocycles. The fourth-order valence-corrected chi connectivity index (χ4v) is 11.7. The first kappa shape index (κ1) is 67.8. The summed E-state index contributed by atoms with van der Waals surface area (Å²) in [5, 5.41) is 3.32. The molecule has 0 saturated carbocycles. The zero-order valence-electron chi connectivity index (χ0n) is 52.0. The molecular weight excluding hydrogens is 915 g/mol. The summed E-state index contributed by atoms with van der Waals surface area (Å²) in [6.07, 6.45) is 27.0. The second kappa shape index (κ2) is 42.4. The molecule has 11 saturated heterocycles. The molecule has 0 spiro atoms. The van der Waals surface area contributed by atoms with Crippen LogP contribution in [-0.2, 0) is 0 Å². The highest BCUT2D eigenvalue weighted by molar-refractivity contribution is 4.86. The highest BCUT2D eigenvalue weighted by Crippen LogP contribution is 2.21. The van der Waals surface area contributed by atoms with Gasteiger partial charge in [-0.1, -0.05) is 46.0 Å². The monoisotopic (exact) mass is 1050 g/mol. The number of likely N-dealkylation sites (N-methyl/N-ethyl adjacent to an activating group) is 6. The van der Waals surface area contributed by atoms with E-state index in [-0.39, 0.29) is 0 Å². The zero-order valence-corrected chi connectivity index (χ0v) is 52.0. The Kier molecular flexibility index (Phi) is 38.8.